The number of hydrogen-bond acceptors (Lipinski definition) is 2. The molecule has 0 bridgehead atoms. The monoisotopic (exact) mass is 515 g/mol. The van der Waals surface area contributed by atoms with Crippen molar-refractivity contribution in [1.29, 1.82) is 0 Å². The van der Waals surface area contributed by atoms with E-state index in [9.17, 15) is 0 Å². The largest absolute Gasteiger partial charge is 0.490 e. The Bertz CT molecular complexity index is 538. The van der Waals surface area contributed by atoms with Gasteiger partial charge in [-0.15, -0.1) is 12.4 Å². The molecule has 0 saturated heterocycles. The molecule has 1 unspecified atom stereocenters. The van der Waals surface area contributed by atoms with Gasteiger partial charge in [-0.3, -0.25) is 0 Å². The predicted molar refractivity (Wildman–Crippen MR) is 104 cm³/mol. The molecule has 0 heterocycles. The second-order valence-corrected chi connectivity index (χ2v) is 6.75. The van der Waals surface area contributed by atoms with E-state index in [0.29, 0.717) is 6.61 Å². The Morgan fingerprint density at radius 1 is 1.05 bits per heavy atom. The lowest BCUT2D eigenvalue weighted by Gasteiger charge is -2.14. The van der Waals surface area contributed by atoms with Crippen LogP contribution in [0.3, 0.4) is 0 Å². The first kappa shape index (κ1) is 18.0. The van der Waals surface area contributed by atoms with Crippen molar-refractivity contribution in [2.45, 2.75) is 13.0 Å². The molecule has 0 amide bonds. The fourth-order valence-corrected chi connectivity index (χ4v) is 3.79. The van der Waals surface area contributed by atoms with Gasteiger partial charge in [0.05, 0.1) is 7.14 Å². The zero-order valence-corrected chi connectivity index (χ0v) is 16.1. The SMILES string of the molecule is CC(N)COc1c(I)cc(-c2ccccc2)cc1I.Cl. The fraction of sp³-hybridized carbons (Fsp3) is 0.200. The van der Waals surface area contributed by atoms with E-state index in [1.807, 2.05) is 13.0 Å². The molecule has 0 aliphatic heterocycles. The van der Waals surface area contributed by atoms with Gasteiger partial charge in [-0.25, -0.2) is 0 Å². The minimum atomic E-state index is 0. The molecule has 0 radical (unpaired) electrons. The Morgan fingerprint density at radius 2 is 1.60 bits per heavy atom. The van der Waals surface area contributed by atoms with E-state index < -0.39 is 0 Å². The molecule has 2 nitrogen and oxygen atoms in total. The van der Waals surface area contributed by atoms with Gasteiger partial charge in [0.1, 0.15) is 12.4 Å². The van der Waals surface area contributed by atoms with Gasteiger partial charge < -0.3 is 10.5 Å². The summed E-state index contributed by atoms with van der Waals surface area (Å²) < 4.78 is 8.01. The lowest BCUT2D eigenvalue weighted by molar-refractivity contribution is 0.292. The van der Waals surface area contributed by atoms with Gasteiger partial charge in [-0.1, -0.05) is 30.3 Å². The van der Waals surface area contributed by atoms with Crippen LogP contribution in [0.5, 0.6) is 5.75 Å². The van der Waals surface area contributed by atoms with E-state index in [1.165, 1.54) is 11.1 Å². The molecule has 5 heteroatoms. The van der Waals surface area contributed by atoms with Gasteiger partial charge in [-0.2, -0.15) is 0 Å². The Labute approximate surface area is 153 Å². The summed E-state index contributed by atoms with van der Waals surface area (Å²) in [6.07, 6.45) is 0. The molecule has 0 saturated carbocycles. The molecule has 108 valence electrons. The normalized spacial score (nSPS) is 11.6. The first-order chi connectivity index (χ1) is 9.08. The summed E-state index contributed by atoms with van der Waals surface area (Å²) in [5, 5.41) is 0. The van der Waals surface area contributed by atoms with Crippen molar-refractivity contribution in [3.05, 3.63) is 49.6 Å². The third kappa shape index (κ3) is 4.75. The molecular weight excluding hydrogens is 499 g/mol. The second-order valence-electron chi connectivity index (χ2n) is 4.42. The number of benzene rings is 2. The molecule has 2 aromatic rings. The van der Waals surface area contributed by atoms with Crippen molar-refractivity contribution in [2.24, 2.45) is 5.73 Å². The smallest absolute Gasteiger partial charge is 0.146 e. The van der Waals surface area contributed by atoms with Crippen LogP contribution in [0.2, 0.25) is 0 Å². The highest BCUT2D eigenvalue weighted by Crippen LogP contribution is 2.33. The zero-order valence-electron chi connectivity index (χ0n) is 11.0. The van der Waals surface area contributed by atoms with Gasteiger partial charge in [0.15, 0.2) is 0 Å². The summed E-state index contributed by atoms with van der Waals surface area (Å²) in [7, 11) is 0. The van der Waals surface area contributed by atoms with Crippen molar-refractivity contribution in [2.75, 3.05) is 6.61 Å². The Hall–Kier alpha value is -0.0500. The molecule has 2 rings (SSSR count). The molecule has 0 aliphatic carbocycles. The molecule has 2 N–H and O–H groups in total. The lowest BCUT2D eigenvalue weighted by atomic mass is 10.1. The van der Waals surface area contributed by atoms with E-state index in [0.717, 1.165) is 12.9 Å². The Kier molecular flexibility index (Phi) is 7.57. The minimum absolute atomic E-state index is 0. The highest BCUT2D eigenvalue weighted by Gasteiger charge is 2.10. The zero-order chi connectivity index (χ0) is 13.8. The number of ether oxygens (including phenoxy) is 1. The maximum absolute atomic E-state index is 5.78. The third-order valence-electron chi connectivity index (χ3n) is 2.60. The average Bonchev–Trinajstić information content (AvgIpc) is 2.38. The summed E-state index contributed by atoms with van der Waals surface area (Å²) in [5.41, 5.74) is 8.16. The average molecular weight is 516 g/mol. The molecule has 0 fully saturated rings. The number of rotatable bonds is 4. The van der Waals surface area contributed by atoms with Crippen LogP contribution in [0.4, 0.5) is 0 Å². The highest BCUT2D eigenvalue weighted by molar-refractivity contribution is 14.1. The minimum Gasteiger partial charge on any atom is -0.490 e. The fourth-order valence-electron chi connectivity index (χ4n) is 1.71. The van der Waals surface area contributed by atoms with Crippen molar-refractivity contribution < 1.29 is 4.74 Å². The molecule has 20 heavy (non-hydrogen) atoms. The number of hydrogen-bond donors (Lipinski definition) is 1. The first-order valence-electron chi connectivity index (χ1n) is 6.01. The van der Waals surface area contributed by atoms with E-state index in [2.05, 4.69) is 81.6 Å². The van der Waals surface area contributed by atoms with Crippen LogP contribution < -0.4 is 10.5 Å². The van der Waals surface area contributed by atoms with Crippen LogP contribution in [0.25, 0.3) is 11.1 Å². The van der Waals surface area contributed by atoms with Crippen LogP contribution in [-0.4, -0.2) is 12.6 Å². The van der Waals surface area contributed by atoms with Crippen molar-refractivity contribution in [3.8, 4) is 16.9 Å². The van der Waals surface area contributed by atoms with Crippen molar-refractivity contribution in [3.63, 3.8) is 0 Å². The molecule has 2 aromatic carbocycles. The molecule has 0 spiro atoms. The second kappa shape index (κ2) is 8.41. The van der Waals surface area contributed by atoms with Crippen LogP contribution in [0.1, 0.15) is 6.92 Å². The van der Waals surface area contributed by atoms with Crippen LogP contribution >= 0.6 is 57.6 Å². The Balaban J connectivity index is 0.00000200. The van der Waals surface area contributed by atoms with Gasteiger partial charge in [0.2, 0.25) is 0 Å². The lowest BCUT2D eigenvalue weighted by Crippen LogP contribution is -2.24. The quantitative estimate of drug-likeness (QED) is 0.599. The topological polar surface area (TPSA) is 35.2 Å². The standard InChI is InChI=1S/C15H15I2NO.ClH/c1-10(18)9-19-15-13(16)7-12(8-14(15)17)11-5-3-2-4-6-11;/h2-8,10H,9,18H2,1H3;1H. The molecule has 0 aliphatic rings. The van der Waals surface area contributed by atoms with Crippen LogP contribution in [0.15, 0.2) is 42.5 Å². The number of halogens is 3. The highest BCUT2D eigenvalue weighted by atomic mass is 127. The van der Waals surface area contributed by atoms with Gasteiger partial charge in [0.25, 0.3) is 0 Å². The summed E-state index contributed by atoms with van der Waals surface area (Å²) in [4.78, 5) is 0. The summed E-state index contributed by atoms with van der Waals surface area (Å²) in [5.74, 6) is 0.929. The maximum atomic E-state index is 5.78. The van der Waals surface area contributed by atoms with E-state index in [1.54, 1.807) is 0 Å². The van der Waals surface area contributed by atoms with Crippen LogP contribution in [-0.2, 0) is 0 Å². The van der Waals surface area contributed by atoms with Gasteiger partial charge >= 0.3 is 0 Å². The van der Waals surface area contributed by atoms with Gasteiger partial charge in [0, 0.05) is 6.04 Å². The summed E-state index contributed by atoms with van der Waals surface area (Å²) >= 11 is 4.63. The van der Waals surface area contributed by atoms with Crippen molar-refractivity contribution >= 4 is 57.6 Å². The maximum Gasteiger partial charge on any atom is 0.146 e. The summed E-state index contributed by atoms with van der Waals surface area (Å²) in [6.45, 7) is 2.48. The van der Waals surface area contributed by atoms with E-state index >= 15 is 0 Å². The predicted octanol–water partition coefficient (Wildman–Crippen LogP) is 4.71. The number of nitrogens with two attached hydrogens (primary N) is 1. The van der Waals surface area contributed by atoms with Crippen LogP contribution in [0, 0.1) is 7.14 Å². The third-order valence-corrected chi connectivity index (χ3v) is 4.20. The van der Waals surface area contributed by atoms with Gasteiger partial charge in [-0.05, 0) is 75.4 Å². The molecule has 1 atom stereocenters. The Morgan fingerprint density at radius 3 is 2.10 bits per heavy atom. The van der Waals surface area contributed by atoms with Crippen molar-refractivity contribution in [1.82, 2.24) is 0 Å². The van der Waals surface area contributed by atoms with E-state index in [4.69, 9.17) is 10.5 Å². The van der Waals surface area contributed by atoms with E-state index in [-0.39, 0.29) is 18.4 Å². The first-order valence-corrected chi connectivity index (χ1v) is 8.16. The molecular formula is C15H16ClI2NO. The summed E-state index contributed by atoms with van der Waals surface area (Å²) in [6, 6.07) is 14.7. The molecule has 0 aromatic heterocycles.